The lowest BCUT2D eigenvalue weighted by Gasteiger charge is -2.00. The summed E-state index contributed by atoms with van der Waals surface area (Å²) in [6.07, 6.45) is 4.71. The molecular formula is C13H18O2S. The van der Waals surface area contributed by atoms with Gasteiger partial charge in [0.15, 0.2) is 5.78 Å². The maximum absolute atomic E-state index is 11.7. The van der Waals surface area contributed by atoms with E-state index in [9.17, 15) is 4.79 Å². The van der Waals surface area contributed by atoms with Gasteiger partial charge in [0.25, 0.3) is 0 Å². The molecule has 0 unspecified atom stereocenters. The zero-order valence-electron chi connectivity index (χ0n) is 9.70. The van der Waals surface area contributed by atoms with E-state index in [1.165, 1.54) is 4.88 Å². The minimum atomic E-state index is 0.0864. The van der Waals surface area contributed by atoms with Gasteiger partial charge in [-0.2, -0.15) is 0 Å². The van der Waals surface area contributed by atoms with Crippen LogP contribution in [0.1, 0.15) is 34.3 Å². The van der Waals surface area contributed by atoms with Crippen LogP contribution >= 0.6 is 11.3 Å². The first-order valence-corrected chi connectivity index (χ1v) is 6.40. The van der Waals surface area contributed by atoms with Gasteiger partial charge in [-0.25, -0.2) is 0 Å². The van der Waals surface area contributed by atoms with Crippen molar-refractivity contribution in [1.82, 2.24) is 0 Å². The molecular weight excluding hydrogens is 220 g/mol. The molecule has 0 saturated carbocycles. The molecule has 0 spiro atoms. The summed E-state index contributed by atoms with van der Waals surface area (Å²) in [5.41, 5.74) is 0. The molecule has 0 radical (unpaired) electrons. The molecule has 1 rings (SSSR count). The van der Waals surface area contributed by atoms with Crippen molar-refractivity contribution in [2.24, 2.45) is 0 Å². The second-order valence-electron chi connectivity index (χ2n) is 3.53. The molecule has 1 aromatic rings. The van der Waals surface area contributed by atoms with Crippen molar-refractivity contribution in [1.29, 1.82) is 0 Å². The first-order valence-electron chi connectivity index (χ1n) is 5.58. The van der Waals surface area contributed by atoms with Gasteiger partial charge in [0, 0.05) is 11.5 Å². The maximum Gasteiger partial charge on any atom is 0.198 e. The zero-order chi connectivity index (χ0) is 11.8. The fourth-order valence-electron chi connectivity index (χ4n) is 1.28. The summed E-state index contributed by atoms with van der Waals surface area (Å²) in [5.74, 6) is 0.0864. The Hall–Kier alpha value is -0.930. The number of hydrogen-bond donors (Lipinski definition) is 0. The fraction of sp³-hybridized carbons (Fsp3) is 0.462. The summed E-state index contributed by atoms with van der Waals surface area (Å²) in [4.78, 5) is 13.7. The normalized spacial score (nSPS) is 10.3. The van der Waals surface area contributed by atoms with Crippen LogP contribution < -0.4 is 0 Å². The summed E-state index contributed by atoms with van der Waals surface area (Å²) < 4.78 is 5.30. The van der Waals surface area contributed by atoms with Crippen molar-refractivity contribution >= 4 is 17.1 Å². The number of aryl methyl sites for hydroxylation is 1. The van der Waals surface area contributed by atoms with Crippen LogP contribution in [0.2, 0.25) is 0 Å². The lowest BCUT2D eigenvalue weighted by Crippen LogP contribution is -2.08. The van der Waals surface area contributed by atoms with Gasteiger partial charge in [0.1, 0.15) is 6.61 Å². The average Bonchev–Trinajstić information content (AvgIpc) is 2.77. The molecule has 0 aliphatic heterocycles. The molecule has 1 aromatic heterocycles. The topological polar surface area (TPSA) is 26.3 Å². The third kappa shape index (κ3) is 4.29. The van der Waals surface area contributed by atoms with Gasteiger partial charge in [-0.05, 0) is 31.4 Å². The Kier molecular flexibility index (Phi) is 6.04. The molecule has 2 nitrogen and oxygen atoms in total. The zero-order valence-corrected chi connectivity index (χ0v) is 10.5. The number of allylic oxidation sites excluding steroid dienone is 1. The molecule has 0 aliphatic rings. The second-order valence-corrected chi connectivity index (χ2v) is 4.69. The minimum absolute atomic E-state index is 0.0864. The fourth-order valence-corrected chi connectivity index (χ4v) is 2.16. The van der Waals surface area contributed by atoms with Gasteiger partial charge in [0.2, 0.25) is 0 Å². The lowest BCUT2D eigenvalue weighted by molar-refractivity contribution is 0.0761. The molecule has 0 bridgehead atoms. The monoisotopic (exact) mass is 238 g/mol. The number of hydrogen-bond acceptors (Lipinski definition) is 3. The molecule has 0 atom stereocenters. The van der Waals surface area contributed by atoms with Crippen LogP contribution in [-0.4, -0.2) is 19.0 Å². The van der Waals surface area contributed by atoms with Gasteiger partial charge in [-0.15, -0.1) is 17.9 Å². The SMILES string of the molecule is C=CCCCOCC(=O)c1ccc(CC)s1. The van der Waals surface area contributed by atoms with Crippen LogP contribution in [0.5, 0.6) is 0 Å². The lowest BCUT2D eigenvalue weighted by atomic mass is 10.3. The minimum Gasteiger partial charge on any atom is -0.373 e. The van der Waals surface area contributed by atoms with E-state index in [0.29, 0.717) is 6.61 Å². The number of ketones is 1. The number of rotatable bonds is 8. The highest BCUT2D eigenvalue weighted by Gasteiger charge is 2.08. The first kappa shape index (κ1) is 13.1. The van der Waals surface area contributed by atoms with E-state index in [1.807, 2.05) is 18.2 Å². The van der Waals surface area contributed by atoms with Crippen LogP contribution in [0.3, 0.4) is 0 Å². The van der Waals surface area contributed by atoms with Crippen molar-refractivity contribution in [3.05, 3.63) is 34.5 Å². The molecule has 0 aliphatic carbocycles. The standard InChI is InChI=1S/C13H18O2S/c1-3-5-6-9-15-10-12(14)13-8-7-11(4-2)16-13/h3,7-8H,1,4-6,9-10H2,2H3. The van der Waals surface area contributed by atoms with E-state index in [4.69, 9.17) is 4.74 Å². The van der Waals surface area contributed by atoms with E-state index in [1.54, 1.807) is 11.3 Å². The Morgan fingerprint density at radius 3 is 3.00 bits per heavy atom. The largest absolute Gasteiger partial charge is 0.373 e. The Balaban J connectivity index is 2.26. The maximum atomic E-state index is 11.7. The van der Waals surface area contributed by atoms with Crippen LogP contribution in [-0.2, 0) is 11.2 Å². The second kappa shape index (κ2) is 7.36. The van der Waals surface area contributed by atoms with E-state index < -0.39 is 0 Å². The van der Waals surface area contributed by atoms with Gasteiger partial charge >= 0.3 is 0 Å². The molecule has 16 heavy (non-hydrogen) atoms. The predicted molar refractivity (Wildman–Crippen MR) is 68.3 cm³/mol. The van der Waals surface area contributed by atoms with Gasteiger partial charge in [-0.3, -0.25) is 4.79 Å². The number of Topliss-reactive ketones (excluding diaryl/α,β-unsaturated/α-hetero) is 1. The Bertz CT molecular complexity index is 341. The van der Waals surface area contributed by atoms with Crippen LogP contribution in [0.4, 0.5) is 0 Å². The number of unbranched alkanes of at least 4 members (excludes halogenated alkanes) is 1. The molecule has 3 heteroatoms. The van der Waals surface area contributed by atoms with Gasteiger partial charge in [0.05, 0.1) is 4.88 Å². The number of thiophene rings is 1. The summed E-state index contributed by atoms with van der Waals surface area (Å²) in [6, 6.07) is 3.90. The highest BCUT2D eigenvalue weighted by atomic mass is 32.1. The molecule has 0 amide bonds. The molecule has 0 N–H and O–H groups in total. The number of ether oxygens (including phenoxy) is 1. The van der Waals surface area contributed by atoms with Crippen molar-refractivity contribution in [3.8, 4) is 0 Å². The quantitative estimate of drug-likeness (QED) is 0.394. The van der Waals surface area contributed by atoms with Crippen molar-refractivity contribution < 1.29 is 9.53 Å². The van der Waals surface area contributed by atoms with Gasteiger partial charge < -0.3 is 4.74 Å². The predicted octanol–water partition coefficient (Wildman–Crippen LogP) is 3.48. The van der Waals surface area contributed by atoms with Crippen LogP contribution in [0.15, 0.2) is 24.8 Å². The van der Waals surface area contributed by atoms with Gasteiger partial charge in [-0.1, -0.05) is 13.0 Å². The van der Waals surface area contributed by atoms with E-state index in [-0.39, 0.29) is 12.4 Å². The molecule has 88 valence electrons. The Labute approximate surface area is 101 Å². The molecule has 0 saturated heterocycles. The number of carbonyl (C=O) groups is 1. The smallest absolute Gasteiger partial charge is 0.198 e. The molecule has 0 aromatic carbocycles. The van der Waals surface area contributed by atoms with Crippen LogP contribution in [0, 0.1) is 0 Å². The molecule has 1 heterocycles. The van der Waals surface area contributed by atoms with E-state index in [2.05, 4.69) is 13.5 Å². The number of carbonyl (C=O) groups excluding carboxylic acids is 1. The van der Waals surface area contributed by atoms with Crippen LogP contribution in [0.25, 0.3) is 0 Å². The summed E-state index contributed by atoms with van der Waals surface area (Å²) >= 11 is 1.56. The summed E-state index contributed by atoms with van der Waals surface area (Å²) in [7, 11) is 0. The molecule has 0 fully saturated rings. The van der Waals surface area contributed by atoms with E-state index >= 15 is 0 Å². The van der Waals surface area contributed by atoms with Crippen molar-refractivity contribution in [2.45, 2.75) is 26.2 Å². The Morgan fingerprint density at radius 2 is 2.38 bits per heavy atom. The average molecular weight is 238 g/mol. The highest BCUT2D eigenvalue weighted by Crippen LogP contribution is 2.17. The third-order valence-corrected chi connectivity index (χ3v) is 3.49. The highest BCUT2D eigenvalue weighted by molar-refractivity contribution is 7.14. The van der Waals surface area contributed by atoms with E-state index in [0.717, 1.165) is 24.1 Å². The Morgan fingerprint density at radius 1 is 1.56 bits per heavy atom. The van der Waals surface area contributed by atoms with Crippen molar-refractivity contribution in [3.63, 3.8) is 0 Å². The summed E-state index contributed by atoms with van der Waals surface area (Å²) in [6.45, 7) is 6.55. The first-order chi connectivity index (χ1) is 7.77. The third-order valence-electron chi connectivity index (χ3n) is 2.22. The summed E-state index contributed by atoms with van der Waals surface area (Å²) in [5, 5.41) is 0. The van der Waals surface area contributed by atoms with Crippen molar-refractivity contribution in [2.75, 3.05) is 13.2 Å².